The lowest BCUT2D eigenvalue weighted by Gasteiger charge is -2.14. The van der Waals surface area contributed by atoms with E-state index in [9.17, 15) is 0 Å². The van der Waals surface area contributed by atoms with Crippen molar-refractivity contribution in [2.75, 3.05) is 0 Å². The van der Waals surface area contributed by atoms with Crippen molar-refractivity contribution >= 4 is 38.5 Å². The summed E-state index contributed by atoms with van der Waals surface area (Å²) in [7, 11) is 0. The first-order valence-corrected chi connectivity index (χ1v) is 14.8. The van der Waals surface area contributed by atoms with Crippen LogP contribution < -0.4 is 0 Å². The molecule has 208 valence electrons. The second-order valence-electron chi connectivity index (χ2n) is 11.1. The van der Waals surface area contributed by atoms with Gasteiger partial charge in [-0.05, 0) is 24.1 Å². The van der Waals surface area contributed by atoms with E-state index in [-0.39, 0.29) is 0 Å². The van der Waals surface area contributed by atoms with E-state index in [1.165, 1.54) is 0 Å². The Labute approximate surface area is 253 Å². The maximum atomic E-state index is 6.63. The van der Waals surface area contributed by atoms with Gasteiger partial charge in [-0.1, -0.05) is 115 Å². The molecular formula is C39H25N3O2. The molecule has 9 rings (SSSR count). The summed E-state index contributed by atoms with van der Waals surface area (Å²) in [4.78, 5) is 15.3. The highest BCUT2D eigenvalue weighted by molar-refractivity contribution is 6.12. The van der Waals surface area contributed by atoms with E-state index in [1.807, 2.05) is 66.7 Å². The summed E-state index contributed by atoms with van der Waals surface area (Å²) in [6.07, 6.45) is 3.91. The molecule has 3 aromatic heterocycles. The van der Waals surface area contributed by atoms with Crippen LogP contribution in [0.25, 0.3) is 72.4 Å². The fraction of sp³-hybridized carbons (Fsp3) is 0.0513. The highest BCUT2D eigenvalue weighted by atomic mass is 16.3. The number of allylic oxidation sites excluding steroid dienone is 1. The standard InChI is InChI=1S/C39H25N3O2/c1-3-12-24(13-4-1)26-17-9-18-28-35-30(20-11-23-33(35)44-36(26)28)39-41-37(25-14-5-2-6-15-25)40-38(42-39)29-19-10-22-32-34(29)27-16-7-8-21-31(27)43-32/h1-10,12-22H,11,23H2. The van der Waals surface area contributed by atoms with Crippen molar-refractivity contribution in [3.05, 3.63) is 145 Å². The molecule has 0 fully saturated rings. The van der Waals surface area contributed by atoms with Crippen LogP contribution in [0, 0.1) is 0 Å². The van der Waals surface area contributed by atoms with E-state index >= 15 is 0 Å². The van der Waals surface area contributed by atoms with E-state index in [2.05, 4.69) is 60.7 Å². The molecule has 1 aliphatic carbocycles. The Balaban J connectivity index is 1.29. The van der Waals surface area contributed by atoms with Crippen LogP contribution >= 0.6 is 0 Å². The number of para-hydroxylation sites is 2. The van der Waals surface area contributed by atoms with Crippen molar-refractivity contribution in [3.8, 4) is 33.9 Å². The normalized spacial score (nSPS) is 13.0. The molecule has 0 unspecified atom stereocenters. The van der Waals surface area contributed by atoms with E-state index in [4.69, 9.17) is 23.8 Å². The Morgan fingerprint density at radius 2 is 1.16 bits per heavy atom. The van der Waals surface area contributed by atoms with Gasteiger partial charge in [-0.25, -0.2) is 15.0 Å². The minimum atomic E-state index is 0.608. The number of aromatic nitrogens is 3. The van der Waals surface area contributed by atoms with Crippen LogP contribution in [0.1, 0.15) is 23.6 Å². The number of rotatable bonds is 4. The van der Waals surface area contributed by atoms with Gasteiger partial charge in [0.25, 0.3) is 0 Å². The maximum absolute atomic E-state index is 6.63. The maximum Gasteiger partial charge on any atom is 0.164 e. The molecule has 0 amide bonds. The Hall–Kier alpha value is -5.81. The van der Waals surface area contributed by atoms with Crippen LogP contribution in [0.4, 0.5) is 0 Å². The van der Waals surface area contributed by atoms with E-state index < -0.39 is 0 Å². The molecule has 0 saturated heterocycles. The minimum absolute atomic E-state index is 0.608. The summed E-state index contributed by atoms with van der Waals surface area (Å²) in [5.41, 5.74) is 8.62. The molecule has 5 heteroatoms. The van der Waals surface area contributed by atoms with Gasteiger partial charge in [0.1, 0.15) is 22.5 Å². The van der Waals surface area contributed by atoms with E-state index in [1.54, 1.807) is 0 Å². The molecule has 0 spiro atoms. The zero-order chi connectivity index (χ0) is 29.0. The summed E-state index contributed by atoms with van der Waals surface area (Å²) in [5, 5.41) is 3.10. The van der Waals surface area contributed by atoms with Crippen LogP contribution in [-0.4, -0.2) is 15.0 Å². The number of aryl methyl sites for hydroxylation is 1. The zero-order valence-corrected chi connectivity index (χ0v) is 23.7. The monoisotopic (exact) mass is 567 g/mol. The quantitative estimate of drug-likeness (QED) is 0.212. The van der Waals surface area contributed by atoms with Gasteiger partial charge in [-0.3, -0.25) is 0 Å². The molecule has 3 heterocycles. The van der Waals surface area contributed by atoms with Crippen molar-refractivity contribution in [3.63, 3.8) is 0 Å². The van der Waals surface area contributed by atoms with Gasteiger partial charge >= 0.3 is 0 Å². The molecule has 0 radical (unpaired) electrons. The Morgan fingerprint density at radius 1 is 0.500 bits per heavy atom. The zero-order valence-electron chi connectivity index (χ0n) is 23.7. The third kappa shape index (κ3) is 3.90. The third-order valence-corrected chi connectivity index (χ3v) is 8.41. The highest BCUT2D eigenvalue weighted by Crippen LogP contribution is 2.42. The average Bonchev–Trinajstić information content (AvgIpc) is 3.67. The average molecular weight is 568 g/mol. The predicted octanol–water partition coefficient (Wildman–Crippen LogP) is 9.90. The van der Waals surface area contributed by atoms with Crippen molar-refractivity contribution in [2.45, 2.75) is 12.8 Å². The van der Waals surface area contributed by atoms with E-state index in [0.717, 1.165) is 84.9 Å². The van der Waals surface area contributed by atoms with Gasteiger partial charge in [0.2, 0.25) is 0 Å². The fourth-order valence-corrected chi connectivity index (χ4v) is 6.43. The number of benzene rings is 5. The summed E-state index contributed by atoms with van der Waals surface area (Å²) in [5.74, 6) is 2.83. The molecule has 5 nitrogen and oxygen atoms in total. The molecular weight excluding hydrogens is 542 g/mol. The summed E-state index contributed by atoms with van der Waals surface area (Å²) in [6, 6.07) is 41.0. The first kappa shape index (κ1) is 24.8. The summed E-state index contributed by atoms with van der Waals surface area (Å²) >= 11 is 0. The van der Waals surface area contributed by atoms with Gasteiger partial charge in [0, 0.05) is 50.4 Å². The fourth-order valence-electron chi connectivity index (χ4n) is 6.43. The molecule has 0 atom stereocenters. The highest BCUT2D eigenvalue weighted by Gasteiger charge is 2.26. The molecule has 0 aliphatic heterocycles. The number of hydrogen-bond acceptors (Lipinski definition) is 5. The Bertz CT molecular complexity index is 2380. The van der Waals surface area contributed by atoms with Crippen molar-refractivity contribution < 1.29 is 8.83 Å². The second-order valence-corrected chi connectivity index (χ2v) is 11.1. The summed E-state index contributed by atoms with van der Waals surface area (Å²) in [6.45, 7) is 0. The van der Waals surface area contributed by atoms with Crippen molar-refractivity contribution in [1.82, 2.24) is 15.0 Å². The lowest BCUT2D eigenvalue weighted by molar-refractivity contribution is 0.546. The first-order valence-electron chi connectivity index (χ1n) is 14.8. The molecule has 0 N–H and O–H groups in total. The Kier molecular flexibility index (Phi) is 5.56. The largest absolute Gasteiger partial charge is 0.460 e. The molecule has 0 bridgehead atoms. The molecule has 1 aliphatic rings. The first-order chi connectivity index (χ1) is 21.8. The van der Waals surface area contributed by atoms with Gasteiger partial charge in [0.15, 0.2) is 17.5 Å². The third-order valence-electron chi connectivity index (χ3n) is 8.41. The molecule has 0 saturated carbocycles. The van der Waals surface area contributed by atoms with Gasteiger partial charge in [-0.15, -0.1) is 0 Å². The second kappa shape index (κ2) is 9.89. The van der Waals surface area contributed by atoms with Crippen molar-refractivity contribution in [2.24, 2.45) is 0 Å². The van der Waals surface area contributed by atoms with Gasteiger partial charge < -0.3 is 8.83 Å². The Morgan fingerprint density at radius 3 is 2.02 bits per heavy atom. The minimum Gasteiger partial charge on any atom is -0.460 e. The van der Waals surface area contributed by atoms with Crippen LogP contribution in [-0.2, 0) is 6.42 Å². The van der Waals surface area contributed by atoms with E-state index in [0.29, 0.717) is 17.5 Å². The van der Waals surface area contributed by atoms with Gasteiger partial charge in [0.05, 0.1) is 0 Å². The topological polar surface area (TPSA) is 65.0 Å². The van der Waals surface area contributed by atoms with Gasteiger partial charge in [-0.2, -0.15) is 0 Å². The summed E-state index contributed by atoms with van der Waals surface area (Å²) < 4.78 is 12.8. The smallest absolute Gasteiger partial charge is 0.164 e. The lowest BCUT2D eigenvalue weighted by Crippen LogP contribution is -2.06. The number of fused-ring (bicyclic) bond motifs is 6. The van der Waals surface area contributed by atoms with Crippen LogP contribution in [0.3, 0.4) is 0 Å². The van der Waals surface area contributed by atoms with Crippen molar-refractivity contribution in [1.29, 1.82) is 0 Å². The van der Waals surface area contributed by atoms with Crippen LogP contribution in [0.2, 0.25) is 0 Å². The van der Waals surface area contributed by atoms with Crippen LogP contribution in [0.5, 0.6) is 0 Å². The lowest BCUT2D eigenvalue weighted by atomic mass is 9.92. The molecule has 8 aromatic rings. The predicted molar refractivity (Wildman–Crippen MR) is 175 cm³/mol. The number of furan rings is 2. The SMILES string of the molecule is C1=C(c2nc(-c3ccccc3)nc(-c3cccc4oc5ccccc5c34)n2)c2c(oc3c(-c4ccccc4)cccc23)CC1. The van der Waals surface area contributed by atoms with Crippen LogP contribution in [0.15, 0.2) is 136 Å². The molecule has 44 heavy (non-hydrogen) atoms. The molecule has 5 aromatic carbocycles. The number of hydrogen-bond donors (Lipinski definition) is 0. The number of nitrogens with zero attached hydrogens (tertiary/aromatic N) is 3.